The predicted octanol–water partition coefficient (Wildman–Crippen LogP) is 2.26. The molecule has 2 N–H and O–H groups in total. The Morgan fingerprint density at radius 2 is 1.32 bits per heavy atom. The number of carbonyl (C=O) groups is 2. The van der Waals surface area contributed by atoms with Crippen molar-refractivity contribution in [2.45, 2.75) is 24.4 Å². The molecule has 1 amide bonds. The van der Waals surface area contributed by atoms with Gasteiger partial charge in [-0.3, -0.25) is 4.79 Å². The third-order valence-electron chi connectivity index (χ3n) is 4.81. The standard InChI is InChI=1S/C20H21NO4/c22-18(21-13-11-20(25,12-14-21)19(23)24)17(15-7-3-1-4-8-15)16-9-5-2-6-10-16/h1-10,17,25H,11-14H2,(H,23,24). The van der Waals surface area contributed by atoms with E-state index in [0.717, 1.165) is 11.1 Å². The van der Waals surface area contributed by atoms with Gasteiger partial charge in [-0.15, -0.1) is 0 Å². The van der Waals surface area contributed by atoms with Gasteiger partial charge in [0.1, 0.15) is 0 Å². The number of aliphatic carboxylic acids is 1. The molecule has 0 radical (unpaired) electrons. The lowest BCUT2D eigenvalue weighted by Gasteiger charge is -2.37. The number of nitrogens with zero attached hydrogens (tertiary/aromatic N) is 1. The highest BCUT2D eigenvalue weighted by molar-refractivity contribution is 5.87. The number of piperidine rings is 1. The van der Waals surface area contributed by atoms with Crippen LogP contribution in [0.4, 0.5) is 0 Å². The second-order valence-electron chi connectivity index (χ2n) is 6.42. The molecule has 2 aromatic carbocycles. The highest BCUT2D eigenvalue weighted by Crippen LogP contribution is 2.30. The second kappa shape index (κ2) is 7.07. The number of rotatable bonds is 4. The molecule has 0 atom stereocenters. The molecular formula is C20H21NO4. The summed E-state index contributed by atoms with van der Waals surface area (Å²) in [5.74, 6) is -1.72. The fraction of sp³-hybridized carbons (Fsp3) is 0.300. The van der Waals surface area contributed by atoms with Crippen molar-refractivity contribution in [1.29, 1.82) is 0 Å². The van der Waals surface area contributed by atoms with E-state index >= 15 is 0 Å². The zero-order valence-electron chi connectivity index (χ0n) is 13.8. The van der Waals surface area contributed by atoms with Gasteiger partial charge in [-0.1, -0.05) is 60.7 Å². The van der Waals surface area contributed by atoms with Crippen LogP contribution < -0.4 is 0 Å². The Balaban J connectivity index is 1.85. The van der Waals surface area contributed by atoms with Crippen LogP contribution in [0.1, 0.15) is 29.9 Å². The van der Waals surface area contributed by atoms with Crippen LogP contribution in [0.5, 0.6) is 0 Å². The van der Waals surface area contributed by atoms with Crippen LogP contribution in [0.3, 0.4) is 0 Å². The van der Waals surface area contributed by atoms with Crippen LogP contribution in [0, 0.1) is 0 Å². The first-order chi connectivity index (χ1) is 12.0. The monoisotopic (exact) mass is 339 g/mol. The molecule has 5 heteroatoms. The van der Waals surface area contributed by atoms with E-state index in [2.05, 4.69) is 0 Å². The van der Waals surface area contributed by atoms with Gasteiger partial charge in [0.25, 0.3) is 0 Å². The zero-order valence-corrected chi connectivity index (χ0v) is 13.8. The van der Waals surface area contributed by atoms with Gasteiger partial charge >= 0.3 is 5.97 Å². The van der Waals surface area contributed by atoms with E-state index < -0.39 is 17.5 Å². The average molecular weight is 339 g/mol. The van der Waals surface area contributed by atoms with Crippen molar-refractivity contribution in [3.63, 3.8) is 0 Å². The molecular weight excluding hydrogens is 318 g/mol. The lowest BCUT2D eigenvalue weighted by atomic mass is 9.87. The summed E-state index contributed by atoms with van der Waals surface area (Å²) in [6.45, 7) is 0.468. The topological polar surface area (TPSA) is 77.8 Å². The number of likely N-dealkylation sites (tertiary alicyclic amines) is 1. The number of carbonyl (C=O) groups excluding carboxylic acids is 1. The zero-order chi connectivity index (χ0) is 17.9. The van der Waals surface area contributed by atoms with E-state index in [0.29, 0.717) is 0 Å². The molecule has 1 aliphatic rings. The SMILES string of the molecule is O=C(C(c1ccccc1)c1ccccc1)N1CCC(O)(C(=O)O)CC1. The van der Waals surface area contributed by atoms with Gasteiger partial charge in [0.15, 0.2) is 5.60 Å². The summed E-state index contributed by atoms with van der Waals surface area (Å²) in [4.78, 5) is 26.0. The van der Waals surface area contributed by atoms with Crippen LogP contribution in [-0.4, -0.2) is 45.7 Å². The summed E-state index contributed by atoms with van der Waals surface area (Å²) in [5, 5.41) is 19.2. The molecule has 0 spiro atoms. The minimum Gasteiger partial charge on any atom is -0.479 e. The van der Waals surface area contributed by atoms with E-state index in [4.69, 9.17) is 5.11 Å². The summed E-state index contributed by atoms with van der Waals surface area (Å²) in [7, 11) is 0. The third kappa shape index (κ3) is 3.56. The number of hydrogen-bond acceptors (Lipinski definition) is 3. The Labute approximate surface area is 146 Å². The molecule has 1 saturated heterocycles. The molecule has 5 nitrogen and oxygen atoms in total. The third-order valence-corrected chi connectivity index (χ3v) is 4.81. The van der Waals surface area contributed by atoms with E-state index in [1.54, 1.807) is 4.90 Å². The number of carboxylic acid groups (broad SMARTS) is 1. The minimum atomic E-state index is -1.73. The maximum absolute atomic E-state index is 13.2. The van der Waals surface area contributed by atoms with E-state index in [-0.39, 0.29) is 31.8 Å². The minimum absolute atomic E-state index is 0.0460. The van der Waals surface area contributed by atoms with Crippen molar-refractivity contribution in [3.8, 4) is 0 Å². The largest absolute Gasteiger partial charge is 0.479 e. The fourth-order valence-corrected chi connectivity index (χ4v) is 3.26. The van der Waals surface area contributed by atoms with Crippen molar-refractivity contribution in [2.24, 2.45) is 0 Å². The molecule has 0 unspecified atom stereocenters. The van der Waals surface area contributed by atoms with Crippen LogP contribution >= 0.6 is 0 Å². The summed E-state index contributed by atoms with van der Waals surface area (Å²) in [5.41, 5.74) is 0.0710. The van der Waals surface area contributed by atoms with Crippen LogP contribution in [0.2, 0.25) is 0 Å². The van der Waals surface area contributed by atoms with Crippen LogP contribution in [-0.2, 0) is 9.59 Å². The van der Waals surface area contributed by atoms with Gasteiger partial charge in [0, 0.05) is 25.9 Å². The van der Waals surface area contributed by atoms with Gasteiger partial charge in [-0.2, -0.15) is 0 Å². The van der Waals surface area contributed by atoms with E-state index in [1.165, 1.54) is 0 Å². The van der Waals surface area contributed by atoms with Crippen LogP contribution in [0.15, 0.2) is 60.7 Å². The maximum Gasteiger partial charge on any atom is 0.335 e. The summed E-state index contributed by atoms with van der Waals surface area (Å²) in [6.07, 6.45) is 0.0920. The van der Waals surface area contributed by atoms with E-state index in [1.807, 2.05) is 60.7 Å². The highest BCUT2D eigenvalue weighted by Gasteiger charge is 2.41. The second-order valence-corrected chi connectivity index (χ2v) is 6.42. The van der Waals surface area contributed by atoms with Gasteiger partial charge in [0.05, 0.1) is 5.92 Å². The van der Waals surface area contributed by atoms with Gasteiger partial charge < -0.3 is 15.1 Å². The van der Waals surface area contributed by atoms with Crippen molar-refractivity contribution in [1.82, 2.24) is 4.90 Å². The van der Waals surface area contributed by atoms with E-state index in [9.17, 15) is 14.7 Å². The number of benzene rings is 2. The highest BCUT2D eigenvalue weighted by atomic mass is 16.4. The van der Waals surface area contributed by atoms with Gasteiger partial charge in [-0.05, 0) is 11.1 Å². The smallest absolute Gasteiger partial charge is 0.335 e. The Hall–Kier alpha value is -2.66. The molecule has 3 rings (SSSR count). The maximum atomic E-state index is 13.2. The van der Waals surface area contributed by atoms with Crippen molar-refractivity contribution in [2.75, 3.05) is 13.1 Å². The fourth-order valence-electron chi connectivity index (χ4n) is 3.26. The normalized spacial score (nSPS) is 16.6. The van der Waals surface area contributed by atoms with Crippen molar-refractivity contribution in [3.05, 3.63) is 71.8 Å². The molecule has 0 aliphatic carbocycles. The number of amides is 1. The first kappa shape index (κ1) is 17.2. The number of aliphatic hydroxyl groups is 1. The predicted molar refractivity (Wildman–Crippen MR) is 93.1 cm³/mol. The number of hydrogen-bond donors (Lipinski definition) is 2. The summed E-state index contributed by atoms with van der Waals surface area (Å²) < 4.78 is 0. The lowest BCUT2D eigenvalue weighted by Crippen LogP contribution is -2.51. The summed E-state index contributed by atoms with van der Waals surface area (Å²) in [6, 6.07) is 19.1. The lowest BCUT2D eigenvalue weighted by molar-refractivity contribution is -0.165. The molecule has 1 aliphatic heterocycles. The quantitative estimate of drug-likeness (QED) is 0.896. The van der Waals surface area contributed by atoms with Gasteiger partial charge in [-0.25, -0.2) is 4.79 Å². The molecule has 0 saturated carbocycles. The first-order valence-electron chi connectivity index (χ1n) is 8.36. The van der Waals surface area contributed by atoms with Gasteiger partial charge in [0.2, 0.25) is 5.91 Å². The first-order valence-corrected chi connectivity index (χ1v) is 8.36. The van der Waals surface area contributed by atoms with Crippen molar-refractivity contribution < 1.29 is 19.8 Å². The Kier molecular flexibility index (Phi) is 4.86. The Morgan fingerprint density at radius 1 is 0.880 bits per heavy atom. The number of carboxylic acids is 1. The summed E-state index contributed by atoms with van der Waals surface area (Å²) >= 11 is 0. The molecule has 1 heterocycles. The molecule has 2 aromatic rings. The molecule has 0 bridgehead atoms. The van der Waals surface area contributed by atoms with Crippen LogP contribution in [0.25, 0.3) is 0 Å². The molecule has 25 heavy (non-hydrogen) atoms. The molecule has 0 aromatic heterocycles. The van der Waals surface area contributed by atoms with Crippen molar-refractivity contribution >= 4 is 11.9 Å². The molecule has 1 fully saturated rings. The average Bonchev–Trinajstić information content (AvgIpc) is 2.64. The Morgan fingerprint density at radius 3 is 1.72 bits per heavy atom. The Bertz CT molecular complexity index is 697. The molecule has 130 valence electrons.